The van der Waals surface area contributed by atoms with E-state index < -0.39 is 0 Å². The molecule has 0 aliphatic carbocycles. The van der Waals surface area contributed by atoms with E-state index in [0.717, 1.165) is 17.8 Å². The predicted octanol–water partition coefficient (Wildman–Crippen LogP) is 1.46. The highest BCUT2D eigenvalue weighted by atomic mass is 16.2. The molecule has 0 fully saturated rings. The first-order valence-electron chi connectivity index (χ1n) is 8.02. The van der Waals surface area contributed by atoms with Gasteiger partial charge in [0.1, 0.15) is 5.82 Å². The van der Waals surface area contributed by atoms with E-state index in [1.807, 2.05) is 0 Å². The monoisotopic (exact) mass is 314 g/mol. The fraction of sp³-hybridized carbons (Fsp3) is 0.471. The molecule has 0 saturated carbocycles. The number of benzene rings is 1. The second kappa shape index (κ2) is 6.40. The van der Waals surface area contributed by atoms with Gasteiger partial charge in [-0.1, -0.05) is 23.8 Å². The lowest BCUT2D eigenvalue weighted by Gasteiger charge is -2.15. The minimum absolute atomic E-state index is 0.0630. The van der Waals surface area contributed by atoms with Crippen LogP contribution in [0.1, 0.15) is 35.4 Å². The molecular formula is C17H22N4O2. The van der Waals surface area contributed by atoms with Crippen LogP contribution in [0.15, 0.2) is 23.0 Å². The van der Waals surface area contributed by atoms with E-state index in [0.29, 0.717) is 25.9 Å². The maximum absolute atomic E-state index is 12.5. The van der Waals surface area contributed by atoms with Crippen molar-refractivity contribution in [1.29, 1.82) is 0 Å². The molecule has 1 aromatic carbocycles. The van der Waals surface area contributed by atoms with Gasteiger partial charge in [-0.2, -0.15) is 5.10 Å². The third kappa shape index (κ3) is 3.36. The minimum atomic E-state index is -0.184. The second-order valence-electron chi connectivity index (χ2n) is 6.27. The van der Waals surface area contributed by atoms with Gasteiger partial charge in [0.2, 0.25) is 5.91 Å². The van der Waals surface area contributed by atoms with Gasteiger partial charge in [0.15, 0.2) is 0 Å². The normalized spacial score (nSPS) is 17.4. The number of aromatic amines is 1. The zero-order chi connectivity index (χ0) is 16.4. The van der Waals surface area contributed by atoms with Crippen molar-refractivity contribution in [2.45, 2.75) is 46.2 Å². The number of carbonyl (C=O) groups is 1. The third-order valence-corrected chi connectivity index (χ3v) is 4.58. The highest BCUT2D eigenvalue weighted by Gasteiger charge is 2.24. The van der Waals surface area contributed by atoms with Gasteiger partial charge >= 0.3 is 5.69 Å². The average molecular weight is 314 g/mol. The molecule has 2 heterocycles. The Hall–Kier alpha value is -2.37. The zero-order valence-corrected chi connectivity index (χ0v) is 13.6. The lowest BCUT2D eigenvalue weighted by atomic mass is 9.99. The van der Waals surface area contributed by atoms with Crippen molar-refractivity contribution in [3.63, 3.8) is 0 Å². The third-order valence-electron chi connectivity index (χ3n) is 4.58. The zero-order valence-electron chi connectivity index (χ0n) is 13.6. The molecule has 1 aromatic heterocycles. The summed E-state index contributed by atoms with van der Waals surface area (Å²) in [6.45, 7) is 5.20. The van der Waals surface area contributed by atoms with E-state index in [2.05, 4.69) is 47.6 Å². The molecule has 6 nitrogen and oxygen atoms in total. The molecule has 2 aromatic rings. The van der Waals surface area contributed by atoms with Crippen LogP contribution in [0.4, 0.5) is 0 Å². The molecule has 0 spiro atoms. The number of rotatable bonds is 3. The molecule has 1 unspecified atom stereocenters. The lowest BCUT2D eigenvalue weighted by Crippen LogP contribution is -2.31. The van der Waals surface area contributed by atoms with E-state index in [1.54, 1.807) is 4.57 Å². The predicted molar refractivity (Wildman–Crippen MR) is 87.0 cm³/mol. The van der Waals surface area contributed by atoms with Crippen molar-refractivity contribution >= 4 is 5.91 Å². The van der Waals surface area contributed by atoms with Crippen LogP contribution in [0.2, 0.25) is 0 Å². The van der Waals surface area contributed by atoms with Crippen molar-refractivity contribution in [3.05, 3.63) is 51.2 Å². The van der Waals surface area contributed by atoms with Crippen molar-refractivity contribution in [2.75, 3.05) is 0 Å². The number of hydrogen-bond donors (Lipinski definition) is 2. The van der Waals surface area contributed by atoms with Gasteiger partial charge in [0.05, 0.1) is 0 Å². The van der Waals surface area contributed by atoms with Gasteiger partial charge in [0, 0.05) is 25.4 Å². The molecule has 1 aliphatic rings. The number of aryl methyl sites for hydroxylation is 3. The average Bonchev–Trinajstić information content (AvgIpc) is 2.76. The summed E-state index contributed by atoms with van der Waals surface area (Å²) < 4.78 is 1.64. The van der Waals surface area contributed by atoms with Crippen LogP contribution in [-0.4, -0.2) is 20.7 Å². The fourth-order valence-electron chi connectivity index (χ4n) is 3.08. The Morgan fingerprint density at radius 2 is 2.22 bits per heavy atom. The van der Waals surface area contributed by atoms with Crippen LogP contribution in [0, 0.1) is 19.8 Å². The lowest BCUT2D eigenvalue weighted by molar-refractivity contribution is -0.125. The smallest absolute Gasteiger partial charge is 0.343 e. The van der Waals surface area contributed by atoms with Gasteiger partial charge in [-0.05, 0) is 37.8 Å². The fourth-order valence-corrected chi connectivity index (χ4v) is 3.08. The summed E-state index contributed by atoms with van der Waals surface area (Å²) >= 11 is 0. The summed E-state index contributed by atoms with van der Waals surface area (Å²) in [4.78, 5) is 24.1. The Morgan fingerprint density at radius 3 is 3.04 bits per heavy atom. The first kappa shape index (κ1) is 15.5. The molecule has 6 heteroatoms. The van der Waals surface area contributed by atoms with Crippen LogP contribution in [0.5, 0.6) is 0 Å². The number of aromatic nitrogens is 3. The maximum Gasteiger partial charge on any atom is 0.343 e. The summed E-state index contributed by atoms with van der Waals surface area (Å²) in [5, 5.41) is 9.53. The molecule has 2 N–H and O–H groups in total. The Morgan fingerprint density at radius 1 is 1.39 bits per heavy atom. The summed E-state index contributed by atoms with van der Waals surface area (Å²) in [6.07, 6.45) is 2.05. The van der Waals surface area contributed by atoms with E-state index in [9.17, 15) is 9.59 Å². The number of nitrogens with one attached hydrogen (secondary N) is 2. The molecule has 0 saturated heterocycles. The number of nitrogens with zero attached hydrogens (tertiary/aromatic N) is 2. The number of fused-ring (bicyclic) bond motifs is 1. The van der Waals surface area contributed by atoms with Gasteiger partial charge in [-0.25, -0.2) is 9.89 Å². The van der Waals surface area contributed by atoms with Gasteiger partial charge < -0.3 is 5.32 Å². The molecule has 0 radical (unpaired) electrons. The SMILES string of the molecule is Cc1ccc(C)c(CNC(=O)C2CCc3n[nH]c(=O)n3CC2)c1. The van der Waals surface area contributed by atoms with Gasteiger partial charge in [-0.3, -0.25) is 9.36 Å². The van der Waals surface area contributed by atoms with Crippen molar-refractivity contribution in [2.24, 2.45) is 5.92 Å². The van der Waals surface area contributed by atoms with E-state index in [4.69, 9.17) is 0 Å². The molecule has 1 aliphatic heterocycles. The Bertz CT molecular complexity index is 775. The summed E-state index contributed by atoms with van der Waals surface area (Å²) in [5.41, 5.74) is 3.34. The topological polar surface area (TPSA) is 79.8 Å². The molecule has 1 atom stereocenters. The van der Waals surface area contributed by atoms with E-state index in [-0.39, 0.29) is 17.5 Å². The summed E-state index contributed by atoms with van der Waals surface area (Å²) in [5.74, 6) is 0.745. The van der Waals surface area contributed by atoms with Crippen LogP contribution in [-0.2, 0) is 24.3 Å². The number of amides is 1. The highest BCUT2D eigenvalue weighted by molar-refractivity contribution is 5.78. The first-order valence-corrected chi connectivity index (χ1v) is 8.02. The summed E-state index contributed by atoms with van der Waals surface area (Å²) in [7, 11) is 0. The van der Waals surface area contributed by atoms with E-state index >= 15 is 0 Å². The Labute approximate surface area is 134 Å². The number of H-pyrrole nitrogens is 1. The van der Waals surface area contributed by atoms with Crippen molar-refractivity contribution in [3.8, 4) is 0 Å². The minimum Gasteiger partial charge on any atom is -0.352 e. The molecule has 23 heavy (non-hydrogen) atoms. The number of carbonyl (C=O) groups excluding carboxylic acids is 1. The molecular weight excluding hydrogens is 292 g/mol. The van der Waals surface area contributed by atoms with Crippen molar-refractivity contribution in [1.82, 2.24) is 20.1 Å². The first-order chi connectivity index (χ1) is 11.0. The molecule has 3 rings (SSSR count). The van der Waals surface area contributed by atoms with Crippen LogP contribution in [0.3, 0.4) is 0 Å². The molecule has 122 valence electrons. The Kier molecular flexibility index (Phi) is 4.32. The largest absolute Gasteiger partial charge is 0.352 e. The number of hydrogen-bond acceptors (Lipinski definition) is 3. The quantitative estimate of drug-likeness (QED) is 0.900. The summed E-state index contributed by atoms with van der Waals surface area (Å²) in [6, 6.07) is 6.26. The van der Waals surface area contributed by atoms with Crippen LogP contribution < -0.4 is 11.0 Å². The second-order valence-corrected chi connectivity index (χ2v) is 6.27. The maximum atomic E-state index is 12.5. The van der Waals surface area contributed by atoms with Crippen LogP contribution in [0.25, 0.3) is 0 Å². The van der Waals surface area contributed by atoms with Crippen LogP contribution >= 0.6 is 0 Å². The molecule has 1 amide bonds. The molecule has 0 bridgehead atoms. The Balaban J connectivity index is 1.61. The van der Waals surface area contributed by atoms with Crippen molar-refractivity contribution < 1.29 is 4.79 Å². The highest BCUT2D eigenvalue weighted by Crippen LogP contribution is 2.18. The van der Waals surface area contributed by atoms with Gasteiger partial charge in [-0.15, -0.1) is 0 Å². The standard InChI is InChI=1S/C17H22N4O2/c1-11-3-4-12(2)14(9-11)10-18-16(22)13-5-6-15-19-20-17(23)21(15)8-7-13/h3-4,9,13H,5-8,10H2,1-2H3,(H,18,22)(H,20,23). The van der Waals surface area contributed by atoms with Gasteiger partial charge in [0.25, 0.3) is 0 Å². The van der Waals surface area contributed by atoms with E-state index in [1.165, 1.54) is 11.1 Å².